The number of rotatable bonds is 10. The van der Waals surface area contributed by atoms with E-state index in [1.807, 2.05) is 0 Å². The Morgan fingerprint density at radius 2 is 1.54 bits per heavy atom. The fourth-order valence-corrected chi connectivity index (χ4v) is 2.17. The molecule has 0 unspecified atom stereocenters. The summed E-state index contributed by atoms with van der Waals surface area (Å²) in [6, 6.07) is -2.28. The molecule has 28 heavy (non-hydrogen) atoms. The first-order valence-electron chi connectivity index (χ1n) is 7.27. The van der Waals surface area contributed by atoms with E-state index >= 15 is 0 Å². The summed E-state index contributed by atoms with van der Waals surface area (Å²) >= 11 is 0. The molecule has 0 spiro atoms. The molecule has 4 atom stereocenters. The van der Waals surface area contributed by atoms with Crippen molar-refractivity contribution < 1.29 is 57.4 Å². The standard InChI is InChI=1S/C12H18N3O12P/c1-5(16)24-4-8(19)10(25-6(2)17)11(26-7(3)18)9(14-15-13)12(20)27-28(21,22)23/h8-11,19H,4H2,1-3H3,(H2,21,22,23)/t8-,9-,10+,11-/m1/s1. The third-order valence-electron chi connectivity index (χ3n) is 2.70. The average Bonchev–Trinajstić information content (AvgIpc) is 2.51. The van der Waals surface area contributed by atoms with Crippen LogP contribution in [-0.4, -0.2) is 69.7 Å². The molecule has 0 aliphatic carbocycles. The van der Waals surface area contributed by atoms with Crippen molar-refractivity contribution in [1.29, 1.82) is 0 Å². The van der Waals surface area contributed by atoms with E-state index < -0.39 is 62.7 Å². The van der Waals surface area contributed by atoms with Crippen LogP contribution in [0.15, 0.2) is 5.11 Å². The van der Waals surface area contributed by atoms with Gasteiger partial charge in [-0.1, -0.05) is 5.11 Å². The van der Waals surface area contributed by atoms with Crippen molar-refractivity contribution in [2.45, 2.75) is 45.1 Å². The van der Waals surface area contributed by atoms with E-state index in [0.29, 0.717) is 0 Å². The fraction of sp³-hybridized carbons (Fsp3) is 0.667. The maximum Gasteiger partial charge on any atom is 0.526 e. The lowest BCUT2D eigenvalue weighted by Gasteiger charge is -2.31. The second kappa shape index (κ2) is 11.2. The number of ether oxygens (including phenoxy) is 3. The Balaban J connectivity index is 6.06. The largest absolute Gasteiger partial charge is 0.526 e. The molecule has 0 aromatic carbocycles. The van der Waals surface area contributed by atoms with Gasteiger partial charge in [0, 0.05) is 25.7 Å². The molecule has 0 fully saturated rings. The van der Waals surface area contributed by atoms with Gasteiger partial charge in [0.05, 0.1) is 0 Å². The molecule has 0 aliphatic rings. The maximum atomic E-state index is 12.0. The number of hydrogen-bond acceptors (Lipinski definition) is 11. The van der Waals surface area contributed by atoms with Gasteiger partial charge in [-0.2, -0.15) is 0 Å². The van der Waals surface area contributed by atoms with Crippen LogP contribution < -0.4 is 0 Å². The summed E-state index contributed by atoms with van der Waals surface area (Å²) < 4.78 is 28.7. The van der Waals surface area contributed by atoms with E-state index in [2.05, 4.69) is 19.3 Å². The Kier molecular flexibility index (Phi) is 10.1. The fourth-order valence-electron chi connectivity index (χ4n) is 1.83. The Morgan fingerprint density at radius 1 is 1.04 bits per heavy atom. The van der Waals surface area contributed by atoms with Crippen LogP contribution in [0.2, 0.25) is 0 Å². The van der Waals surface area contributed by atoms with Crippen LogP contribution in [0, 0.1) is 0 Å². The number of hydrogen-bond donors (Lipinski definition) is 3. The van der Waals surface area contributed by atoms with E-state index in [9.17, 15) is 28.8 Å². The second-order valence-corrected chi connectivity index (χ2v) is 6.23. The number of phosphoric ester groups is 1. The predicted molar refractivity (Wildman–Crippen MR) is 84.8 cm³/mol. The highest BCUT2D eigenvalue weighted by Crippen LogP contribution is 2.37. The lowest BCUT2D eigenvalue weighted by Crippen LogP contribution is -2.52. The Bertz CT molecular complexity index is 700. The van der Waals surface area contributed by atoms with Gasteiger partial charge in [0.15, 0.2) is 18.2 Å². The summed E-state index contributed by atoms with van der Waals surface area (Å²) in [5, 5.41) is 13.1. The molecule has 3 N–H and O–H groups in total. The molecule has 0 bridgehead atoms. The van der Waals surface area contributed by atoms with Gasteiger partial charge in [-0.25, -0.2) is 4.57 Å². The smallest absolute Gasteiger partial charge is 0.463 e. The van der Waals surface area contributed by atoms with Gasteiger partial charge < -0.3 is 23.8 Å². The normalized spacial score (nSPS) is 15.1. The lowest BCUT2D eigenvalue weighted by molar-refractivity contribution is -0.184. The summed E-state index contributed by atoms with van der Waals surface area (Å²) in [4.78, 5) is 65.3. The number of nitrogens with zero attached hydrogens (tertiary/aromatic N) is 3. The Hall–Kier alpha value is -2.70. The predicted octanol–water partition coefficient (Wildman–Crippen LogP) is -0.911. The molecular formula is C12H18N3O12P. The molecule has 0 aliphatic heterocycles. The first kappa shape index (κ1) is 25.3. The van der Waals surface area contributed by atoms with Gasteiger partial charge in [0.2, 0.25) is 0 Å². The van der Waals surface area contributed by atoms with E-state index in [-0.39, 0.29) is 0 Å². The van der Waals surface area contributed by atoms with Crippen molar-refractivity contribution in [3.05, 3.63) is 10.4 Å². The molecule has 0 rings (SSSR count). The lowest BCUT2D eigenvalue weighted by atomic mass is 10.0. The summed E-state index contributed by atoms with van der Waals surface area (Å²) in [5.41, 5.74) is 8.62. The highest BCUT2D eigenvalue weighted by Gasteiger charge is 2.45. The molecule has 0 saturated heterocycles. The Labute approximate surface area is 157 Å². The van der Waals surface area contributed by atoms with Crippen LogP contribution in [0.25, 0.3) is 10.4 Å². The molecule has 0 aromatic heterocycles. The van der Waals surface area contributed by atoms with Crippen LogP contribution in [-0.2, 0) is 42.5 Å². The molecule has 15 nitrogen and oxygen atoms in total. The van der Waals surface area contributed by atoms with Crippen LogP contribution in [0.4, 0.5) is 0 Å². The number of esters is 3. The zero-order valence-electron chi connectivity index (χ0n) is 14.8. The molecule has 16 heteroatoms. The first-order chi connectivity index (χ1) is 12.8. The van der Waals surface area contributed by atoms with Gasteiger partial charge in [-0.15, -0.1) is 0 Å². The zero-order chi connectivity index (χ0) is 22.1. The number of phosphoric acid groups is 1. The van der Waals surface area contributed by atoms with Gasteiger partial charge in [-0.3, -0.25) is 29.0 Å². The average molecular weight is 427 g/mol. The molecule has 0 heterocycles. The maximum absolute atomic E-state index is 12.0. The molecule has 0 radical (unpaired) electrons. The van der Waals surface area contributed by atoms with Crippen molar-refractivity contribution in [3.63, 3.8) is 0 Å². The van der Waals surface area contributed by atoms with Crippen molar-refractivity contribution in [1.82, 2.24) is 0 Å². The summed E-state index contributed by atoms with van der Waals surface area (Å²) in [7, 11) is -5.39. The van der Waals surface area contributed by atoms with Gasteiger partial charge in [0.1, 0.15) is 12.7 Å². The van der Waals surface area contributed by atoms with E-state index in [0.717, 1.165) is 20.8 Å². The van der Waals surface area contributed by atoms with Crippen molar-refractivity contribution in [2.75, 3.05) is 6.61 Å². The van der Waals surface area contributed by atoms with Crippen LogP contribution >= 0.6 is 7.82 Å². The highest BCUT2D eigenvalue weighted by molar-refractivity contribution is 7.46. The van der Waals surface area contributed by atoms with Gasteiger partial charge in [0.25, 0.3) is 0 Å². The molecule has 0 aromatic rings. The minimum atomic E-state index is -5.39. The van der Waals surface area contributed by atoms with Crippen LogP contribution in [0.1, 0.15) is 20.8 Å². The summed E-state index contributed by atoms with van der Waals surface area (Å²) in [6.07, 6.45) is -5.92. The number of carbonyl (C=O) groups excluding carboxylic acids is 4. The highest BCUT2D eigenvalue weighted by atomic mass is 31.2. The van der Waals surface area contributed by atoms with Crippen molar-refractivity contribution in [2.24, 2.45) is 5.11 Å². The molecular weight excluding hydrogens is 409 g/mol. The van der Waals surface area contributed by atoms with E-state index in [1.54, 1.807) is 0 Å². The zero-order valence-corrected chi connectivity index (χ0v) is 15.7. The minimum Gasteiger partial charge on any atom is -0.463 e. The number of aliphatic hydroxyl groups excluding tert-OH is 1. The topological polar surface area (TPSA) is 232 Å². The monoisotopic (exact) mass is 427 g/mol. The first-order valence-corrected chi connectivity index (χ1v) is 8.80. The third-order valence-corrected chi connectivity index (χ3v) is 3.12. The molecule has 0 amide bonds. The minimum absolute atomic E-state index is 0.790. The van der Waals surface area contributed by atoms with E-state index in [1.165, 1.54) is 0 Å². The number of azide groups is 1. The van der Waals surface area contributed by atoms with Crippen molar-refractivity contribution >= 4 is 31.7 Å². The van der Waals surface area contributed by atoms with Crippen molar-refractivity contribution in [3.8, 4) is 0 Å². The van der Waals surface area contributed by atoms with Crippen LogP contribution in [0.5, 0.6) is 0 Å². The molecule has 0 saturated carbocycles. The van der Waals surface area contributed by atoms with Gasteiger partial charge >= 0.3 is 31.7 Å². The third kappa shape index (κ3) is 9.85. The van der Waals surface area contributed by atoms with Gasteiger partial charge in [-0.05, 0) is 5.53 Å². The quantitative estimate of drug-likeness (QED) is 0.0960. The van der Waals surface area contributed by atoms with E-state index in [4.69, 9.17) is 24.8 Å². The second-order valence-electron chi connectivity index (χ2n) is 5.07. The summed E-state index contributed by atoms with van der Waals surface area (Å²) in [6.45, 7) is 1.93. The number of carbonyl (C=O) groups is 4. The number of aliphatic hydroxyl groups is 1. The molecule has 158 valence electrons. The SMILES string of the molecule is CC(=O)OC[C@@H](O)[C@H](OC(C)=O)[C@H](OC(C)=O)[C@@H](N=[N+]=[N-])C(=O)OP(=O)(O)O. The van der Waals surface area contributed by atoms with Crippen LogP contribution in [0.3, 0.4) is 0 Å². The summed E-state index contributed by atoms with van der Waals surface area (Å²) in [5.74, 6) is -4.83. The Morgan fingerprint density at radius 3 is 1.93 bits per heavy atom.